The van der Waals surface area contributed by atoms with Crippen molar-refractivity contribution in [3.63, 3.8) is 0 Å². The van der Waals surface area contributed by atoms with E-state index in [1.807, 2.05) is 0 Å². The maximum absolute atomic E-state index is 14.8. The predicted molar refractivity (Wildman–Crippen MR) is 115 cm³/mol. The van der Waals surface area contributed by atoms with Crippen LogP contribution in [-0.2, 0) is 19.6 Å². The molecule has 1 atom stereocenters. The fraction of sp³-hybridized carbons (Fsp3) is 0.0435. The molecule has 3 N–H and O–H groups in total. The van der Waals surface area contributed by atoms with E-state index in [2.05, 4.69) is 0 Å². The highest BCUT2D eigenvalue weighted by atomic mass is 32.2. The van der Waals surface area contributed by atoms with Crippen LogP contribution in [0.2, 0.25) is 0 Å². The maximum atomic E-state index is 14.8. The number of benzene rings is 3. The van der Waals surface area contributed by atoms with Crippen molar-refractivity contribution in [1.82, 2.24) is 0 Å². The van der Waals surface area contributed by atoms with E-state index in [1.54, 1.807) is 36.4 Å². The third kappa shape index (κ3) is 3.68. The Bertz CT molecular complexity index is 1350. The van der Waals surface area contributed by atoms with Crippen LogP contribution < -0.4 is 10.0 Å². The van der Waals surface area contributed by atoms with Crippen molar-refractivity contribution >= 4 is 33.2 Å². The number of carbonyl (C=O) groups excluding carboxylic acids is 2. The summed E-state index contributed by atoms with van der Waals surface area (Å²) in [5, 5.41) is 16.0. The smallest absolute Gasteiger partial charge is 0.300 e. The van der Waals surface area contributed by atoms with E-state index in [-0.39, 0.29) is 27.3 Å². The number of halogens is 1. The lowest BCUT2D eigenvalue weighted by molar-refractivity contribution is -0.132. The molecule has 0 spiro atoms. The van der Waals surface area contributed by atoms with Gasteiger partial charge in [0.05, 0.1) is 16.5 Å². The van der Waals surface area contributed by atoms with Crippen LogP contribution >= 0.6 is 0 Å². The van der Waals surface area contributed by atoms with Crippen LogP contribution in [0.15, 0.2) is 89.3 Å². The molecule has 0 unspecified atom stereocenters. The number of ketones is 1. The molecule has 0 bridgehead atoms. The number of nitrogens with two attached hydrogens (primary N) is 1. The Balaban J connectivity index is 1.94. The first kappa shape index (κ1) is 21.4. The summed E-state index contributed by atoms with van der Waals surface area (Å²) in [6, 6.07) is 17.4. The summed E-state index contributed by atoms with van der Waals surface area (Å²) in [5.74, 6) is -3.10. The molecule has 9 heteroatoms. The van der Waals surface area contributed by atoms with Crippen molar-refractivity contribution in [1.29, 1.82) is 0 Å². The fourth-order valence-electron chi connectivity index (χ4n) is 3.64. The number of primary sulfonamides is 1. The van der Waals surface area contributed by atoms with E-state index in [0.29, 0.717) is 0 Å². The molecule has 0 radical (unpaired) electrons. The molecule has 4 rings (SSSR count). The zero-order valence-corrected chi connectivity index (χ0v) is 17.3. The Labute approximate surface area is 183 Å². The number of sulfonamides is 1. The Morgan fingerprint density at radius 1 is 0.906 bits per heavy atom. The minimum atomic E-state index is -3.98. The first-order valence-electron chi connectivity index (χ1n) is 9.44. The number of rotatable bonds is 4. The number of nitrogens with zero attached hydrogens (tertiary/aromatic N) is 1. The number of anilines is 1. The first-order valence-corrected chi connectivity index (χ1v) is 11.0. The quantitative estimate of drug-likeness (QED) is 0.358. The second-order valence-electron chi connectivity index (χ2n) is 7.10. The number of aliphatic hydroxyl groups excluding tert-OH is 1. The van der Waals surface area contributed by atoms with Crippen molar-refractivity contribution in [3.8, 4) is 0 Å². The highest BCUT2D eigenvalue weighted by Gasteiger charge is 2.47. The molecule has 3 aromatic carbocycles. The van der Waals surface area contributed by atoms with Crippen LogP contribution in [0, 0.1) is 5.82 Å². The lowest BCUT2D eigenvalue weighted by Gasteiger charge is -2.25. The molecule has 0 aromatic heterocycles. The van der Waals surface area contributed by atoms with Gasteiger partial charge in [-0.1, -0.05) is 48.5 Å². The van der Waals surface area contributed by atoms with Crippen LogP contribution in [0.4, 0.5) is 10.1 Å². The minimum Gasteiger partial charge on any atom is -0.507 e. The number of hydrogen-bond donors (Lipinski definition) is 2. The number of carbonyl (C=O) groups is 2. The average Bonchev–Trinajstić information content (AvgIpc) is 3.04. The molecular weight excluding hydrogens is 435 g/mol. The van der Waals surface area contributed by atoms with Crippen LogP contribution in [0.3, 0.4) is 0 Å². The van der Waals surface area contributed by atoms with Gasteiger partial charge in [0.2, 0.25) is 10.0 Å². The van der Waals surface area contributed by atoms with Gasteiger partial charge in [-0.05, 0) is 30.3 Å². The lowest BCUT2D eigenvalue weighted by Crippen LogP contribution is -2.30. The average molecular weight is 452 g/mol. The second kappa shape index (κ2) is 8.03. The van der Waals surface area contributed by atoms with E-state index < -0.39 is 39.3 Å². The number of hydrogen-bond acceptors (Lipinski definition) is 5. The SMILES string of the molecule is NS(=O)(=O)c1ccc(N2C(=O)C(=O)C(=C(O)c3ccccc3)[C@H]2c2ccccc2F)cc1. The monoisotopic (exact) mass is 452 g/mol. The Kier molecular flexibility index (Phi) is 5.37. The van der Waals surface area contributed by atoms with Gasteiger partial charge >= 0.3 is 0 Å². The highest BCUT2D eigenvalue weighted by molar-refractivity contribution is 7.89. The van der Waals surface area contributed by atoms with E-state index in [1.165, 1.54) is 42.5 Å². The summed E-state index contributed by atoms with van der Waals surface area (Å²) in [6.45, 7) is 0. The summed E-state index contributed by atoms with van der Waals surface area (Å²) in [7, 11) is -3.98. The molecule has 1 heterocycles. The zero-order chi connectivity index (χ0) is 23.0. The Hall–Kier alpha value is -3.82. The van der Waals surface area contributed by atoms with Crippen LogP contribution in [-0.4, -0.2) is 25.2 Å². The standard InChI is InChI=1S/C23H17FN2O5S/c24-18-9-5-4-8-17(18)20-19(21(27)14-6-2-1-3-7-14)22(28)23(29)26(20)15-10-12-16(13-11-15)32(25,30)31/h1-13,20,27H,(H2,25,30,31)/t20-/m1/s1. The molecule has 32 heavy (non-hydrogen) atoms. The molecule has 0 aliphatic carbocycles. The van der Waals surface area contributed by atoms with E-state index in [9.17, 15) is 27.5 Å². The van der Waals surface area contributed by atoms with E-state index in [0.717, 1.165) is 4.90 Å². The van der Waals surface area contributed by atoms with Gasteiger partial charge in [-0.2, -0.15) is 0 Å². The summed E-state index contributed by atoms with van der Waals surface area (Å²) in [5.41, 5.74) is 0.151. The summed E-state index contributed by atoms with van der Waals surface area (Å²) in [6.07, 6.45) is 0. The van der Waals surface area contributed by atoms with Gasteiger partial charge in [0.15, 0.2) is 0 Å². The normalized spacial score (nSPS) is 18.2. The van der Waals surface area contributed by atoms with E-state index in [4.69, 9.17) is 5.14 Å². The number of amides is 1. The molecule has 1 fully saturated rings. The zero-order valence-electron chi connectivity index (χ0n) is 16.5. The Morgan fingerprint density at radius 3 is 2.09 bits per heavy atom. The summed E-state index contributed by atoms with van der Waals surface area (Å²) >= 11 is 0. The second-order valence-corrected chi connectivity index (χ2v) is 8.66. The number of aliphatic hydroxyl groups is 1. The largest absolute Gasteiger partial charge is 0.507 e. The molecule has 0 saturated carbocycles. The van der Waals surface area contributed by atoms with Gasteiger partial charge in [0, 0.05) is 16.8 Å². The lowest BCUT2D eigenvalue weighted by atomic mass is 9.95. The topological polar surface area (TPSA) is 118 Å². The third-order valence-electron chi connectivity index (χ3n) is 5.13. The molecule has 7 nitrogen and oxygen atoms in total. The summed E-state index contributed by atoms with van der Waals surface area (Å²) in [4.78, 5) is 26.8. The summed E-state index contributed by atoms with van der Waals surface area (Å²) < 4.78 is 37.9. The van der Waals surface area contributed by atoms with Crippen molar-refractivity contribution < 1.29 is 27.5 Å². The number of Topliss-reactive ketones (excluding diaryl/α,β-unsaturated/α-hetero) is 1. The predicted octanol–water partition coefficient (Wildman–Crippen LogP) is 3.10. The van der Waals surface area contributed by atoms with Crippen LogP contribution in [0.5, 0.6) is 0 Å². The molecule has 1 amide bonds. The Morgan fingerprint density at radius 2 is 1.50 bits per heavy atom. The van der Waals surface area contributed by atoms with E-state index >= 15 is 0 Å². The minimum absolute atomic E-state index is 0.000274. The van der Waals surface area contributed by atoms with Crippen molar-refractivity contribution in [2.45, 2.75) is 10.9 Å². The molecule has 1 saturated heterocycles. The van der Waals surface area contributed by atoms with Gasteiger partial charge in [0.25, 0.3) is 11.7 Å². The van der Waals surface area contributed by atoms with Gasteiger partial charge in [-0.25, -0.2) is 17.9 Å². The van der Waals surface area contributed by atoms with Gasteiger partial charge in [-0.15, -0.1) is 0 Å². The van der Waals surface area contributed by atoms with Crippen molar-refractivity contribution in [3.05, 3.63) is 101 Å². The maximum Gasteiger partial charge on any atom is 0.300 e. The molecule has 3 aromatic rings. The molecule has 162 valence electrons. The fourth-order valence-corrected chi connectivity index (χ4v) is 4.15. The highest BCUT2D eigenvalue weighted by Crippen LogP contribution is 2.42. The molecular formula is C23H17FN2O5S. The molecule has 1 aliphatic rings. The van der Waals surface area contributed by atoms with Gasteiger partial charge in [-0.3, -0.25) is 14.5 Å². The van der Waals surface area contributed by atoms with Gasteiger partial charge in [0.1, 0.15) is 11.6 Å². The van der Waals surface area contributed by atoms with Crippen molar-refractivity contribution in [2.75, 3.05) is 4.90 Å². The van der Waals surface area contributed by atoms with Gasteiger partial charge < -0.3 is 5.11 Å². The molecule has 1 aliphatic heterocycles. The van der Waals surface area contributed by atoms with Crippen LogP contribution in [0.25, 0.3) is 5.76 Å². The van der Waals surface area contributed by atoms with Crippen molar-refractivity contribution in [2.24, 2.45) is 5.14 Å². The first-order chi connectivity index (χ1) is 15.2. The van der Waals surface area contributed by atoms with Crippen LogP contribution in [0.1, 0.15) is 17.2 Å². The third-order valence-corrected chi connectivity index (χ3v) is 6.06.